The van der Waals surface area contributed by atoms with Crippen LogP contribution in [-0.4, -0.2) is 24.2 Å². The summed E-state index contributed by atoms with van der Waals surface area (Å²) < 4.78 is 5.58. The van der Waals surface area contributed by atoms with E-state index in [0.717, 1.165) is 38.0 Å². The molecule has 0 aromatic heterocycles. The zero-order valence-corrected chi connectivity index (χ0v) is 12.1. The Morgan fingerprint density at radius 2 is 2.35 bits per heavy atom. The van der Waals surface area contributed by atoms with E-state index in [-0.39, 0.29) is 16.7 Å². The summed E-state index contributed by atoms with van der Waals surface area (Å²) in [6.07, 6.45) is 3.68. The van der Waals surface area contributed by atoms with Crippen LogP contribution >= 0.6 is 0 Å². The third kappa shape index (κ3) is 3.77. The maximum absolute atomic E-state index is 11.0. The van der Waals surface area contributed by atoms with Crippen LogP contribution in [0.3, 0.4) is 0 Å². The van der Waals surface area contributed by atoms with Gasteiger partial charge in [0.1, 0.15) is 0 Å². The zero-order chi connectivity index (χ0) is 14.5. The van der Waals surface area contributed by atoms with Crippen molar-refractivity contribution in [3.05, 3.63) is 39.4 Å². The minimum atomic E-state index is -0.322. The van der Waals surface area contributed by atoms with Gasteiger partial charge in [-0.25, -0.2) is 0 Å². The number of hydrogen-bond acceptors (Lipinski definition) is 4. The second-order valence-corrected chi connectivity index (χ2v) is 5.40. The van der Waals surface area contributed by atoms with Crippen molar-refractivity contribution in [1.82, 2.24) is 5.32 Å². The van der Waals surface area contributed by atoms with Crippen molar-refractivity contribution in [2.24, 2.45) is 0 Å². The van der Waals surface area contributed by atoms with Crippen LogP contribution in [0.4, 0.5) is 5.69 Å². The van der Waals surface area contributed by atoms with Crippen LogP contribution in [0.15, 0.2) is 18.2 Å². The minimum absolute atomic E-state index is 0.107. The average Bonchev–Trinajstić information content (AvgIpc) is 2.92. The fourth-order valence-corrected chi connectivity index (χ4v) is 2.54. The molecule has 1 heterocycles. The lowest BCUT2D eigenvalue weighted by Gasteiger charge is -2.16. The Labute approximate surface area is 119 Å². The molecule has 0 bridgehead atoms. The van der Waals surface area contributed by atoms with Crippen LogP contribution < -0.4 is 5.32 Å². The van der Waals surface area contributed by atoms with Gasteiger partial charge in [0.15, 0.2) is 0 Å². The maximum atomic E-state index is 11.0. The molecule has 20 heavy (non-hydrogen) atoms. The van der Waals surface area contributed by atoms with Gasteiger partial charge < -0.3 is 10.1 Å². The highest BCUT2D eigenvalue weighted by molar-refractivity contribution is 5.43. The maximum Gasteiger partial charge on any atom is 0.272 e. The number of nitro groups is 1. The predicted molar refractivity (Wildman–Crippen MR) is 77.8 cm³/mol. The number of benzene rings is 1. The van der Waals surface area contributed by atoms with Crippen LogP contribution in [0.5, 0.6) is 0 Å². The number of nitrogens with one attached hydrogen (secondary N) is 1. The van der Waals surface area contributed by atoms with E-state index in [0.29, 0.717) is 11.7 Å². The van der Waals surface area contributed by atoms with Crippen LogP contribution in [0.25, 0.3) is 0 Å². The molecule has 1 fully saturated rings. The highest BCUT2D eigenvalue weighted by Crippen LogP contribution is 2.23. The molecule has 1 aliphatic heterocycles. The number of hydrogen-bond donors (Lipinski definition) is 1. The molecule has 0 aliphatic carbocycles. The van der Waals surface area contributed by atoms with Gasteiger partial charge in [0.25, 0.3) is 5.69 Å². The van der Waals surface area contributed by atoms with E-state index >= 15 is 0 Å². The molecule has 1 aromatic carbocycles. The molecule has 0 radical (unpaired) electrons. The van der Waals surface area contributed by atoms with Crippen molar-refractivity contribution in [2.75, 3.05) is 13.2 Å². The lowest BCUT2D eigenvalue weighted by molar-refractivity contribution is -0.385. The zero-order valence-electron chi connectivity index (χ0n) is 12.1. The smallest absolute Gasteiger partial charge is 0.272 e. The topological polar surface area (TPSA) is 64.4 Å². The van der Waals surface area contributed by atoms with Gasteiger partial charge in [-0.15, -0.1) is 0 Å². The molecule has 5 heteroatoms. The van der Waals surface area contributed by atoms with Crippen LogP contribution in [0.2, 0.25) is 0 Å². The fourth-order valence-electron chi connectivity index (χ4n) is 2.54. The summed E-state index contributed by atoms with van der Waals surface area (Å²) >= 11 is 0. The van der Waals surface area contributed by atoms with Gasteiger partial charge >= 0.3 is 0 Å². The molecule has 2 unspecified atom stereocenters. The molecular formula is C15H22N2O3. The molecule has 5 nitrogen and oxygen atoms in total. The standard InChI is InChI=1S/C15H22N2O3/c1-11-5-6-13(10-15(11)17(18)19)12(2)16-8-7-14-4-3-9-20-14/h5-6,10,12,14,16H,3-4,7-9H2,1-2H3. The van der Waals surface area contributed by atoms with E-state index in [2.05, 4.69) is 5.32 Å². The first-order valence-corrected chi connectivity index (χ1v) is 7.18. The van der Waals surface area contributed by atoms with Crippen molar-refractivity contribution in [2.45, 2.75) is 45.3 Å². The van der Waals surface area contributed by atoms with Gasteiger partial charge in [0.05, 0.1) is 11.0 Å². The SMILES string of the molecule is Cc1ccc(C(C)NCCC2CCCO2)cc1[N+](=O)[O-]. The lowest BCUT2D eigenvalue weighted by Crippen LogP contribution is -2.23. The quantitative estimate of drug-likeness (QED) is 0.641. The van der Waals surface area contributed by atoms with E-state index < -0.39 is 0 Å². The fraction of sp³-hybridized carbons (Fsp3) is 0.600. The van der Waals surface area contributed by atoms with Crippen LogP contribution in [0, 0.1) is 17.0 Å². The lowest BCUT2D eigenvalue weighted by atomic mass is 10.0. The molecular weight excluding hydrogens is 256 g/mol. The van der Waals surface area contributed by atoms with Crippen molar-refractivity contribution in [1.29, 1.82) is 0 Å². The first-order valence-electron chi connectivity index (χ1n) is 7.18. The van der Waals surface area contributed by atoms with Crippen molar-refractivity contribution < 1.29 is 9.66 Å². The number of nitrogens with zero attached hydrogens (tertiary/aromatic N) is 1. The number of rotatable bonds is 6. The molecule has 0 saturated carbocycles. The van der Waals surface area contributed by atoms with Gasteiger partial charge in [-0.1, -0.05) is 12.1 Å². The molecule has 1 aliphatic rings. The Hall–Kier alpha value is -1.46. The third-order valence-electron chi connectivity index (χ3n) is 3.87. The van der Waals surface area contributed by atoms with Crippen molar-refractivity contribution in [3.8, 4) is 0 Å². The summed E-state index contributed by atoms with van der Waals surface area (Å²) in [5.41, 5.74) is 1.84. The first-order chi connectivity index (χ1) is 9.58. The van der Waals surface area contributed by atoms with Crippen LogP contribution in [0.1, 0.15) is 43.4 Å². The second-order valence-electron chi connectivity index (χ2n) is 5.40. The van der Waals surface area contributed by atoms with Crippen molar-refractivity contribution >= 4 is 5.69 Å². The van der Waals surface area contributed by atoms with Gasteiger partial charge in [-0.05, 0) is 45.2 Å². The summed E-state index contributed by atoms with van der Waals surface area (Å²) in [6, 6.07) is 5.53. The van der Waals surface area contributed by atoms with E-state index in [1.54, 1.807) is 13.0 Å². The van der Waals surface area contributed by atoms with Gasteiger partial charge in [-0.2, -0.15) is 0 Å². The van der Waals surface area contributed by atoms with Crippen molar-refractivity contribution in [3.63, 3.8) is 0 Å². The monoisotopic (exact) mass is 278 g/mol. The van der Waals surface area contributed by atoms with E-state index in [1.165, 1.54) is 0 Å². The summed E-state index contributed by atoms with van der Waals surface area (Å²) in [5.74, 6) is 0. The number of ether oxygens (including phenoxy) is 1. The summed E-state index contributed by atoms with van der Waals surface area (Å²) in [6.45, 7) is 5.54. The Bertz CT molecular complexity index is 470. The largest absolute Gasteiger partial charge is 0.378 e. The predicted octanol–water partition coefficient (Wildman–Crippen LogP) is 3.12. The summed E-state index contributed by atoms with van der Waals surface area (Å²) in [4.78, 5) is 10.6. The summed E-state index contributed by atoms with van der Waals surface area (Å²) in [5, 5.41) is 14.4. The van der Waals surface area contributed by atoms with E-state index in [4.69, 9.17) is 4.74 Å². The first kappa shape index (κ1) is 14.9. The summed E-state index contributed by atoms with van der Waals surface area (Å²) in [7, 11) is 0. The third-order valence-corrected chi connectivity index (χ3v) is 3.87. The average molecular weight is 278 g/mol. The molecule has 2 atom stereocenters. The Kier molecular flexibility index (Phi) is 5.09. The highest BCUT2D eigenvalue weighted by Gasteiger charge is 2.17. The van der Waals surface area contributed by atoms with Gasteiger partial charge in [0.2, 0.25) is 0 Å². The molecule has 110 valence electrons. The van der Waals surface area contributed by atoms with Crippen LogP contribution in [-0.2, 0) is 4.74 Å². The normalized spacial score (nSPS) is 20.0. The van der Waals surface area contributed by atoms with E-state index in [9.17, 15) is 10.1 Å². The number of aryl methyl sites for hydroxylation is 1. The van der Waals surface area contributed by atoms with Gasteiger partial charge in [-0.3, -0.25) is 10.1 Å². The van der Waals surface area contributed by atoms with E-state index in [1.807, 2.05) is 19.1 Å². The molecule has 1 N–H and O–H groups in total. The Morgan fingerprint density at radius 1 is 1.55 bits per heavy atom. The molecule has 0 spiro atoms. The minimum Gasteiger partial charge on any atom is -0.378 e. The Balaban J connectivity index is 1.89. The van der Waals surface area contributed by atoms with Gasteiger partial charge in [0, 0.05) is 24.3 Å². The molecule has 1 aromatic rings. The Morgan fingerprint density at radius 3 is 3.00 bits per heavy atom. The number of nitro benzene ring substituents is 1. The molecule has 2 rings (SSSR count). The highest BCUT2D eigenvalue weighted by atomic mass is 16.6. The second kappa shape index (κ2) is 6.81. The molecule has 0 amide bonds. The molecule has 1 saturated heterocycles.